The van der Waals surface area contributed by atoms with Gasteiger partial charge < -0.3 is 13.4 Å². The van der Waals surface area contributed by atoms with E-state index >= 15 is 0 Å². The number of hydrogen-bond donors (Lipinski definition) is 0. The van der Waals surface area contributed by atoms with E-state index in [1.54, 1.807) is 0 Å². The van der Waals surface area contributed by atoms with Crippen molar-refractivity contribution in [1.29, 1.82) is 0 Å². The highest BCUT2D eigenvalue weighted by Gasteiger charge is 2.20. The number of aromatic nitrogens is 1. The summed E-state index contributed by atoms with van der Waals surface area (Å²) >= 11 is 1.86. The van der Waals surface area contributed by atoms with Gasteiger partial charge in [-0.25, -0.2) is 0 Å². The first kappa shape index (κ1) is 31.8. The molecule has 0 bridgehead atoms. The number of hydrogen-bond acceptors (Lipinski definition) is 3. The zero-order chi connectivity index (χ0) is 37.9. The molecule has 0 amide bonds. The lowest BCUT2D eigenvalue weighted by Gasteiger charge is -2.12. The predicted molar refractivity (Wildman–Crippen MR) is 245 cm³/mol. The molecule has 0 fully saturated rings. The Morgan fingerprint density at radius 3 is 1.83 bits per heavy atom. The molecule has 0 radical (unpaired) electrons. The van der Waals surface area contributed by atoms with Crippen molar-refractivity contribution in [2.75, 3.05) is 0 Å². The van der Waals surface area contributed by atoms with Crippen molar-refractivity contribution in [3.63, 3.8) is 0 Å². The molecule has 13 rings (SSSR count). The van der Waals surface area contributed by atoms with Crippen LogP contribution >= 0.6 is 11.3 Å². The van der Waals surface area contributed by atoms with Crippen LogP contribution in [0.15, 0.2) is 197 Å². The van der Waals surface area contributed by atoms with Crippen molar-refractivity contribution in [2.45, 2.75) is 0 Å². The number of benzene rings is 9. The highest BCUT2D eigenvalue weighted by atomic mass is 32.1. The highest BCUT2D eigenvalue weighted by molar-refractivity contribution is 7.25. The van der Waals surface area contributed by atoms with Gasteiger partial charge in [0.15, 0.2) is 0 Å². The van der Waals surface area contributed by atoms with Crippen molar-refractivity contribution in [3.05, 3.63) is 188 Å². The van der Waals surface area contributed by atoms with E-state index in [0.717, 1.165) is 71.7 Å². The lowest BCUT2D eigenvalue weighted by molar-refractivity contribution is 0.668. The molecule has 3 nitrogen and oxygen atoms in total. The Labute approximate surface area is 336 Å². The summed E-state index contributed by atoms with van der Waals surface area (Å²) in [5, 5.41) is 9.52. The molecule has 0 atom stereocenters. The first-order chi connectivity index (χ1) is 28.7. The first-order valence-electron chi connectivity index (χ1n) is 19.6. The third kappa shape index (κ3) is 4.67. The molecular weight excluding hydrogens is 727 g/mol. The van der Waals surface area contributed by atoms with Gasteiger partial charge in [0.25, 0.3) is 0 Å². The maximum atomic E-state index is 6.69. The van der Waals surface area contributed by atoms with Crippen molar-refractivity contribution >= 4 is 97.2 Å². The van der Waals surface area contributed by atoms with E-state index < -0.39 is 0 Å². The van der Waals surface area contributed by atoms with Gasteiger partial charge in [0, 0.05) is 58.6 Å². The zero-order valence-corrected chi connectivity index (χ0v) is 31.9. The van der Waals surface area contributed by atoms with E-state index in [0.29, 0.717) is 0 Å². The first-order valence-corrected chi connectivity index (χ1v) is 20.5. The number of para-hydroxylation sites is 3. The third-order valence-corrected chi connectivity index (χ3v) is 13.1. The van der Waals surface area contributed by atoms with E-state index in [-0.39, 0.29) is 0 Å². The molecule has 4 heterocycles. The Hall–Kier alpha value is -7.40. The molecule has 0 saturated carbocycles. The van der Waals surface area contributed by atoms with Crippen LogP contribution in [0.2, 0.25) is 0 Å². The van der Waals surface area contributed by atoms with Crippen LogP contribution in [0.4, 0.5) is 0 Å². The van der Waals surface area contributed by atoms with Gasteiger partial charge in [-0.15, -0.1) is 11.3 Å². The number of nitrogens with zero attached hydrogens (tertiary/aromatic N) is 1. The molecule has 58 heavy (non-hydrogen) atoms. The Morgan fingerprint density at radius 1 is 0.328 bits per heavy atom. The van der Waals surface area contributed by atoms with Gasteiger partial charge >= 0.3 is 0 Å². The van der Waals surface area contributed by atoms with Crippen LogP contribution in [0.3, 0.4) is 0 Å². The second kappa shape index (κ2) is 12.1. The summed E-state index contributed by atoms with van der Waals surface area (Å²) in [4.78, 5) is 0. The fourth-order valence-corrected chi connectivity index (χ4v) is 10.4. The number of fused-ring (bicyclic) bond motifs is 12. The average molecular weight is 758 g/mol. The standard InChI is InChI=1S/C54H31NO2S/c1-2-10-32(11-3-1)33-21-25-52-45(28-33)40-22-18-36(29-53(40)58-52)42-30-37(31-51-54(42)41-14-6-9-17-49(41)57-51)55-46-15-7-4-12-38(46)43-26-34(19-23-47(43)55)35-20-24-50-44(27-35)39-13-5-8-16-48(39)56-50/h1-31H. The maximum absolute atomic E-state index is 6.69. The van der Waals surface area contributed by atoms with E-state index in [2.05, 4.69) is 180 Å². The van der Waals surface area contributed by atoms with Gasteiger partial charge in [0.1, 0.15) is 22.3 Å². The minimum absolute atomic E-state index is 0.876. The average Bonchev–Trinajstić information content (AvgIpc) is 4.04. The Kier molecular flexibility index (Phi) is 6.60. The quantitative estimate of drug-likeness (QED) is 0.179. The van der Waals surface area contributed by atoms with E-state index in [4.69, 9.17) is 8.83 Å². The molecule has 0 saturated heterocycles. The van der Waals surface area contributed by atoms with Gasteiger partial charge in [0.05, 0.1) is 16.7 Å². The van der Waals surface area contributed by atoms with Crippen LogP contribution in [-0.4, -0.2) is 4.57 Å². The van der Waals surface area contributed by atoms with Gasteiger partial charge in [-0.05, 0) is 100 Å². The second-order valence-corrected chi connectivity index (χ2v) is 16.3. The molecule has 9 aromatic carbocycles. The lowest BCUT2D eigenvalue weighted by atomic mass is 9.97. The Morgan fingerprint density at radius 2 is 0.948 bits per heavy atom. The van der Waals surface area contributed by atoms with E-state index in [9.17, 15) is 0 Å². The molecular formula is C54H31NO2S. The van der Waals surface area contributed by atoms with Crippen LogP contribution in [-0.2, 0) is 0 Å². The lowest BCUT2D eigenvalue weighted by Crippen LogP contribution is -1.95. The molecule has 4 heteroatoms. The van der Waals surface area contributed by atoms with Crippen LogP contribution in [0.5, 0.6) is 0 Å². The van der Waals surface area contributed by atoms with E-state index in [1.165, 1.54) is 53.2 Å². The Balaban J connectivity index is 1.01. The summed E-state index contributed by atoms with van der Waals surface area (Å²) in [5.74, 6) is 0. The van der Waals surface area contributed by atoms with Crippen molar-refractivity contribution < 1.29 is 8.83 Å². The summed E-state index contributed by atoms with van der Waals surface area (Å²) in [6.07, 6.45) is 0. The number of rotatable bonds is 4. The van der Waals surface area contributed by atoms with E-state index in [1.807, 2.05) is 23.5 Å². The maximum Gasteiger partial charge on any atom is 0.138 e. The molecule has 0 N–H and O–H groups in total. The summed E-state index contributed by atoms with van der Waals surface area (Å²) in [7, 11) is 0. The molecule has 270 valence electrons. The minimum atomic E-state index is 0.876. The van der Waals surface area contributed by atoms with Gasteiger partial charge in [-0.1, -0.05) is 115 Å². The van der Waals surface area contributed by atoms with Gasteiger partial charge in [-0.3, -0.25) is 0 Å². The fourth-order valence-electron chi connectivity index (χ4n) is 9.29. The highest BCUT2D eigenvalue weighted by Crippen LogP contribution is 2.44. The van der Waals surface area contributed by atoms with Crippen molar-refractivity contribution in [3.8, 4) is 39.1 Å². The predicted octanol–water partition coefficient (Wildman–Crippen LogP) is 16.0. The summed E-state index contributed by atoms with van der Waals surface area (Å²) < 4.78 is 17.8. The Bertz CT molecular complexity index is 3800. The zero-order valence-electron chi connectivity index (χ0n) is 31.1. The number of thiophene rings is 1. The van der Waals surface area contributed by atoms with Crippen LogP contribution in [0.25, 0.3) is 125 Å². The SMILES string of the molecule is c1ccc(-c2ccc3sc4cc(-c5cc(-n6c7ccccc7c7cc(-c8ccc9oc%10ccccc%10c9c8)ccc76)cc6oc7ccccc7c56)ccc4c3c2)cc1. The van der Waals surface area contributed by atoms with Crippen molar-refractivity contribution in [1.82, 2.24) is 4.57 Å². The van der Waals surface area contributed by atoms with Crippen LogP contribution in [0.1, 0.15) is 0 Å². The molecule has 0 aliphatic rings. The molecule has 13 aromatic rings. The third-order valence-electron chi connectivity index (χ3n) is 12.0. The summed E-state index contributed by atoms with van der Waals surface area (Å²) in [6, 6.07) is 67.9. The molecule has 0 aliphatic carbocycles. The van der Waals surface area contributed by atoms with Gasteiger partial charge in [0.2, 0.25) is 0 Å². The largest absolute Gasteiger partial charge is 0.456 e. The molecule has 4 aromatic heterocycles. The minimum Gasteiger partial charge on any atom is -0.456 e. The topological polar surface area (TPSA) is 31.2 Å². The van der Waals surface area contributed by atoms with Crippen LogP contribution in [0, 0.1) is 0 Å². The molecule has 0 unspecified atom stereocenters. The second-order valence-electron chi connectivity index (χ2n) is 15.2. The molecule has 0 spiro atoms. The fraction of sp³-hybridized carbons (Fsp3) is 0. The number of furan rings is 2. The monoisotopic (exact) mass is 757 g/mol. The van der Waals surface area contributed by atoms with Crippen molar-refractivity contribution in [2.24, 2.45) is 0 Å². The van der Waals surface area contributed by atoms with Crippen LogP contribution < -0.4 is 0 Å². The van der Waals surface area contributed by atoms with Gasteiger partial charge in [-0.2, -0.15) is 0 Å². The summed E-state index contributed by atoms with van der Waals surface area (Å²) in [6.45, 7) is 0. The normalized spacial score (nSPS) is 12.1. The smallest absolute Gasteiger partial charge is 0.138 e. The summed E-state index contributed by atoms with van der Waals surface area (Å²) in [5.41, 5.74) is 14.1. The molecule has 0 aliphatic heterocycles.